The van der Waals surface area contributed by atoms with Crippen LogP contribution in [-0.2, 0) is 0 Å². The fourth-order valence-electron chi connectivity index (χ4n) is 1.77. The molecule has 2 aromatic rings. The molecular formula is C14H13BrClFN2. The zero-order valence-corrected chi connectivity index (χ0v) is 12.4. The normalized spacial score (nSPS) is 12.2. The monoisotopic (exact) mass is 342 g/mol. The van der Waals surface area contributed by atoms with Gasteiger partial charge in [0.25, 0.3) is 0 Å². The molecule has 0 saturated carbocycles. The number of nitrogens with two attached hydrogens (primary N) is 1. The maximum absolute atomic E-state index is 13.5. The lowest BCUT2D eigenvalue weighted by Crippen LogP contribution is -2.20. The van der Waals surface area contributed by atoms with Crippen LogP contribution in [-0.4, -0.2) is 6.54 Å². The third-order valence-electron chi connectivity index (χ3n) is 2.79. The van der Waals surface area contributed by atoms with E-state index in [9.17, 15) is 4.39 Å². The minimum absolute atomic E-state index is 0.111. The third-order valence-corrected chi connectivity index (χ3v) is 3.78. The fourth-order valence-corrected chi connectivity index (χ4v) is 2.29. The van der Waals surface area contributed by atoms with E-state index in [4.69, 9.17) is 17.3 Å². The number of halogens is 3. The SMILES string of the molecule is NCC(Nc1ccccc1Br)c1ccc(Cl)c(F)c1. The summed E-state index contributed by atoms with van der Waals surface area (Å²) in [4.78, 5) is 0. The summed E-state index contributed by atoms with van der Waals surface area (Å²) in [5.74, 6) is -0.438. The molecule has 0 aliphatic carbocycles. The van der Waals surface area contributed by atoms with Gasteiger partial charge >= 0.3 is 0 Å². The second-order valence-electron chi connectivity index (χ2n) is 4.09. The maximum atomic E-state index is 13.5. The molecule has 0 amide bonds. The van der Waals surface area contributed by atoms with Crippen LogP contribution in [0.15, 0.2) is 46.9 Å². The zero-order valence-electron chi connectivity index (χ0n) is 10.0. The number of hydrogen-bond acceptors (Lipinski definition) is 2. The number of benzene rings is 2. The molecule has 1 atom stereocenters. The Balaban J connectivity index is 2.25. The summed E-state index contributed by atoms with van der Waals surface area (Å²) < 4.78 is 14.4. The van der Waals surface area contributed by atoms with E-state index < -0.39 is 5.82 Å². The molecule has 0 heterocycles. The molecule has 100 valence electrons. The number of rotatable bonds is 4. The van der Waals surface area contributed by atoms with Gasteiger partial charge in [-0.25, -0.2) is 4.39 Å². The molecule has 0 aromatic heterocycles. The summed E-state index contributed by atoms with van der Waals surface area (Å²) in [6, 6.07) is 12.2. The molecule has 2 rings (SSSR count). The third kappa shape index (κ3) is 3.47. The van der Waals surface area contributed by atoms with Gasteiger partial charge in [-0.05, 0) is 45.8 Å². The van der Waals surface area contributed by atoms with Gasteiger partial charge in [0.05, 0.1) is 11.1 Å². The lowest BCUT2D eigenvalue weighted by molar-refractivity contribution is 0.622. The van der Waals surface area contributed by atoms with Crippen LogP contribution < -0.4 is 11.1 Å². The summed E-state index contributed by atoms with van der Waals surface area (Å²) >= 11 is 9.13. The highest BCUT2D eigenvalue weighted by Crippen LogP contribution is 2.27. The molecule has 0 spiro atoms. The van der Waals surface area contributed by atoms with Crippen LogP contribution in [0.2, 0.25) is 5.02 Å². The fraction of sp³-hybridized carbons (Fsp3) is 0.143. The second-order valence-corrected chi connectivity index (χ2v) is 5.35. The average molecular weight is 344 g/mol. The average Bonchev–Trinajstić information content (AvgIpc) is 2.41. The number of nitrogens with one attached hydrogen (secondary N) is 1. The molecule has 19 heavy (non-hydrogen) atoms. The van der Waals surface area contributed by atoms with Crippen molar-refractivity contribution in [2.45, 2.75) is 6.04 Å². The molecule has 0 fully saturated rings. The van der Waals surface area contributed by atoms with Gasteiger partial charge in [0.15, 0.2) is 0 Å². The summed E-state index contributed by atoms with van der Waals surface area (Å²) in [6.45, 7) is 0.350. The molecule has 2 aromatic carbocycles. The van der Waals surface area contributed by atoms with Gasteiger partial charge in [0.2, 0.25) is 0 Å². The number of hydrogen-bond donors (Lipinski definition) is 2. The van der Waals surface area contributed by atoms with Crippen molar-refractivity contribution in [1.29, 1.82) is 0 Å². The second kappa shape index (κ2) is 6.37. The van der Waals surface area contributed by atoms with Crippen LogP contribution in [0.4, 0.5) is 10.1 Å². The molecular weight excluding hydrogens is 331 g/mol. The Labute approximate surface area is 124 Å². The molecule has 1 unspecified atom stereocenters. The summed E-state index contributed by atoms with van der Waals surface area (Å²) in [7, 11) is 0. The van der Waals surface area contributed by atoms with E-state index in [1.165, 1.54) is 12.1 Å². The highest BCUT2D eigenvalue weighted by Gasteiger charge is 2.12. The van der Waals surface area contributed by atoms with Crippen LogP contribution >= 0.6 is 27.5 Å². The first-order valence-electron chi connectivity index (χ1n) is 5.78. The van der Waals surface area contributed by atoms with Crippen molar-refractivity contribution in [2.75, 3.05) is 11.9 Å². The molecule has 0 radical (unpaired) electrons. The quantitative estimate of drug-likeness (QED) is 0.866. The van der Waals surface area contributed by atoms with Crippen LogP contribution in [0.5, 0.6) is 0 Å². The predicted molar refractivity (Wildman–Crippen MR) is 81.0 cm³/mol. The van der Waals surface area contributed by atoms with E-state index >= 15 is 0 Å². The van der Waals surface area contributed by atoms with Crippen molar-refractivity contribution in [3.8, 4) is 0 Å². The minimum atomic E-state index is -0.438. The van der Waals surface area contributed by atoms with E-state index in [2.05, 4.69) is 21.2 Å². The molecule has 2 nitrogen and oxygen atoms in total. The van der Waals surface area contributed by atoms with E-state index in [0.717, 1.165) is 15.7 Å². The smallest absolute Gasteiger partial charge is 0.142 e. The Bertz CT molecular complexity index is 577. The zero-order chi connectivity index (χ0) is 13.8. The van der Waals surface area contributed by atoms with E-state index in [1.807, 2.05) is 24.3 Å². The van der Waals surface area contributed by atoms with Crippen LogP contribution in [0.25, 0.3) is 0 Å². The Morgan fingerprint density at radius 1 is 1.26 bits per heavy atom. The first-order valence-corrected chi connectivity index (χ1v) is 6.95. The molecule has 0 bridgehead atoms. The van der Waals surface area contributed by atoms with Gasteiger partial charge in [0.1, 0.15) is 5.82 Å². The van der Waals surface area contributed by atoms with Gasteiger partial charge < -0.3 is 11.1 Å². The maximum Gasteiger partial charge on any atom is 0.142 e. The van der Waals surface area contributed by atoms with Crippen molar-refractivity contribution >= 4 is 33.2 Å². The summed E-state index contributed by atoms with van der Waals surface area (Å²) in [5, 5.41) is 3.39. The van der Waals surface area contributed by atoms with Crippen molar-refractivity contribution < 1.29 is 4.39 Å². The van der Waals surface area contributed by atoms with Crippen molar-refractivity contribution in [1.82, 2.24) is 0 Å². The summed E-state index contributed by atoms with van der Waals surface area (Å²) in [6.07, 6.45) is 0. The molecule has 3 N–H and O–H groups in total. The molecule has 0 aliphatic rings. The van der Waals surface area contributed by atoms with Gasteiger partial charge in [-0.15, -0.1) is 0 Å². The highest BCUT2D eigenvalue weighted by molar-refractivity contribution is 9.10. The topological polar surface area (TPSA) is 38.0 Å². The Morgan fingerprint density at radius 3 is 2.63 bits per heavy atom. The van der Waals surface area contributed by atoms with E-state index in [-0.39, 0.29) is 11.1 Å². The van der Waals surface area contributed by atoms with Gasteiger partial charge in [0, 0.05) is 16.7 Å². The molecule has 5 heteroatoms. The Morgan fingerprint density at radius 2 is 2.00 bits per heavy atom. The van der Waals surface area contributed by atoms with Crippen molar-refractivity contribution in [3.63, 3.8) is 0 Å². The standard InChI is InChI=1S/C14H13BrClFN2/c15-10-3-1-2-4-13(10)19-14(8-18)9-5-6-11(16)12(17)7-9/h1-7,14,19H,8,18H2. The summed E-state index contributed by atoms with van der Waals surface area (Å²) in [5.41, 5.74) is 7.43. The van der Waals surface area contributed by atoms with Crippen LogP contribution in [0.3, 0.4) is 0 Å². The first kappa shape index (κ1) is 14.3. The molecule has 0 saturated heterocycles. The number of para-hydroxylation sites is 1. The predicted octanol–water partition coefficient (Wildman–Crippen LogP) is 4.35. The first-order chi connectivity index (χ1) is 9.11. The molecule has 0 aliphatic heterocycles. The van der Waals surface area contributed by atoms with E-state index in [0.29, 0.717) is 6.54 Å². The van der Waals surface area contributed by atoms with E-state index in [1.54, 1.807) is 6.07 Å². The lowest BCUT2D eigenvalue weighted by atomic mass is 10.1. The highest BCUT2D eigenvalue weighted by atomic mass is 79.9. The van der Waals surface area contributed by atoms with Gasteiger partial charge in [-0.2, -0.15) is 0 Å². The number of anilines is 1. The lowest BCUT2D eigenvalue weighted by Gasteiger charge is -2.19. The van der Waals surface area contributed by atoms with Crippen molar-refractivity contribution in [2.24, 2.45) is 5.73 Å². The van der Waals surface area contributed by atoms with Gasteiger partial charge in [-0.3, -0.25) is 0 Å². The Hall–Kier alpha value is -1.10. The van der Waals surface area contributed by atoms with Crippen molar-refractivity contribution in [3.05, 3.63) is 63.3 Å². The largest absolute Gasteiger partial charge is 0.376 e. The van der Waals surface area contributed by atoms with Gasteiger partial charge in [-0.1, -0.05) is 29.8 Å². The minimum Gasteiger partial charge on any atom is -0.376 e. The Kier molecular flexibility index (Phi) is 4.80. The van der Waals surface area contributed by atoms with Crippen LogP contribution in [0.1, 0.15) is 11.6 Å². The van der Waals surface area contributed by atoms with Crippen LogP contribution in [0, 0.1) is 5.82 Å².